The molecule has 4 nitrogen and oxygen atoms in total. The summed E-state index contributed by atoms with van der Waals surface area (Å²) >= 11 is 1.55. The van der Waals surface area contributed by atoms with Gasteiger partial charge in [0.1, 0.15) is 5.92 Å². The summed E-state index contributed by atoms with van der Waals surface area (Å²) in [6.07, 6.45) is 0. The maximum Gasteiger partial charge on any atom is 0.316 e. The summed E-state index contributed by atoms with van der Waals surface area (Å²) in [5.41, 5.74) is 6.25. The average molecular weight is 228 g/mol. The molecule has 0 spiro atoms. The van der Waals surface area contributed by atoms with Gasteiger partial charge in [0.15, 0.2) is 0 Å². The van der Waals surface area contributed by atoms with Gasteiger partial charge in [0.05, 0.1) is 17.8 Å². The van der Waals surface area contributed by atoms with Crippen LogP contribution in [-0.4, -0.2) is 24.6 Å². The quantitative estimate of drug-likeness (QED) is 0.793. The molecule has 1 heterocycles. The molecule has 1 atom stereocenters. The Kier molecular flexibility index (Phi) is 4.23. The van der Waals surface area contributed by atoms with E-state index in [2.05, 4.69) is 23.6 Å². The fraction of sp³-hybridized carbons (Fsp3) is 0.600. The van der Waals surface area contributed by atoms with Crippen LogP contribution in [-0.2, 0) is 9.53 Å². The topological polar surface area (TPSA) is 65.2 Å². The van der Waals surface area contributed by atoms with Crippen molar-refractivity contribution < 1.29 is 9.53 Å². The van der Waals surface area contributed by atoms with Crippen molar-refractivity contribution in [2.45, 2.75) is 25.7 Å². The van der Waals surface area contributed by atoms with Gasteiger partial charge < -0.3 is 10.5 Å². The Morgan fingerprint density at radius 3 is 2.73 bits per heavy atom. The highest BCUT2D eigenvalue weighted by molar-refractivity contribution is 7.09. The smallest absolute Gasteiger partial charge is 0.316 e. The highest BCUT2D eigenvalue weighted by Gasteiger charge is 2.22. The molecule has 0 aliphatic carbocycles. The van der Waals surface area contributed by atoms with Crippen LogP contribution in [0.15, 0.2) is 5.38 Å². The van der Waals surface area contributed by atoms with E-state index in [0.717, 1.165) is 10.7 Å². The molecule has 1 aromatic heterocycles. The minimum atomic E-state index is -0.432. The first-order valence-corrected chi connectivity index (χ1v) is 5.71. The molecule has 1 rings (SSSR count). The summed E-state index contributed by atoms with van der Waals surface area (Å²) in [6.45, 7) is 4.37. The third-order valence-corrected chi connectivity index (χ3v) is 3.28. The van der Waals surface area contributed by atoms with E-state index in [1.165, 1.54) is 7.11 Å². The molecule has 1 aromatic rings. The first-order valence-electron chi connectivity index (χ1n) is 4.83. The van der Waals surface area contributed by atoms with Crippen LogP contribution in [0, 0.1) is 0 Å². The predicted octanol–water partition coefficient (Wildman–Crippen LogP) is 1.48. The Labute approximate surface area is 93.5 Å². The van der Waals surface area contributed by atoms with Crippen molar-refractivity contribution in [1.82, 2.24) is 4.98 Å². The number of hydrogen-bond acceptors (Lipinski definition) is 5. The van der Waals surface area contributed by atoms with Crippen molar-refractivity contribution in [3.8, 4) is 0 Å². The fourth-order valence-electron chi connectivity index (χ4n) is 1.21. The number of carbonyl (C=O) groups excluding carboxylic acids is 1. The highest BCUT2D eigenvalue weighted by Crippen LogP contribution is 2.24. The molecule has 1 unspecified atom stereocenters. The third-order valence-electron chi connectivity index (χ3n) is 2.11. The SMILES string of the molecule is COC(=O)C(CN)c1csc(C(C)C)n1. The largest absolute Gasteiger partial charge is 0.468 e. The van der Waals surface area contributed by atoms with Crippen LogP contribution in [0.25, 0.3) is 0 Å². The number of nitrogens with zero attached hydrogens (tertiary/aromatic N) is 1. The maximum atomic E-state index is 11.4. The van der Waals surface area contributed by atoms with Crippen LogP contribution in [0.5, 0.6) is 0 Å². The second kappa shape index (κ2) is 5.23. The molecule has 0 saturated carbocycles. The highest BCUT2D eigenvalue weighted by atomic mass is 32.1. The molecular formula is C10H16N2O2S. The minimum absolute atomic E-state index is 0.230. The van der Waals surface area contributed by atoms with Crippen molar-refractivity contribution in [2.75, 3.05) is 13.7 Å². The van der Waals surface area contributed by atoms with E-state index in [1.54, 1.807) is 11.3 Å². The molecule has 0 aliphatic rings. The maximum absolute atomic E-state index is 11.4. The standard InChI is InChI=1S/C10H16N2O2S/c1-6(2)9-12-8(5-15-9)7(4-11)10(13)14-3/h5-7H,4,11H2,1-3H3. The summed E-state index contributed by atoms with van der Waals surface area (Å²) in [5, 5.41) is 2.90. The van der Waals surface area contributed by atoms with Crippen molar-refractivity contribution in [3.63, 3.8) is 0 Å². The monoisotopic (exact) mass is 228 g/mol. The number of ether oxygens (including phenoxy) is 1. The van der Waals surface area contributed by atoms with Gasteiger partial charge in [-0.05, 0) is 0 Å². The lowest BCUT2D eigenvalue weighted by Gasteiger charge is -2.08. The number of methoxy groups -OCH3 is 1. The summed E-state index contributed by atoms with van der Waals surface area (Å²) in [6, 6.07) is 0. The van der Waals surface area contributed by atoms with Gasteiger partial charge in [0, 0.05) is 17.8 Å². The van der Waals surface area contributed by atoms with Crippen LogP contribution in [0.2, 0.25) is 0 Å². The lowest BCUT2D eigenvalue weighted by molar-refractivity contribution is -0.142. The van der Waals surface area contributed by atoms with Crippen molar-refractivity contribution in [3.05, 3.63) is 16.1 Å². The van der Waals surface area contributed by atoms with Gasteiger partial charge in [-0.15, -0.1) is 11.3 Å². The van der Waals surface area contributed by atoms with E-state index >= 15 is 0 Å². The Balaban J connectivity index is 2.88. The lowest BCUT2D eigenvalue weighted by Crippen LogP contribution is -2.23. The summed E-state index contributed by atoms with van der Waals surface area (Å²) in [5.74, 6) is -0.378. The van der Waals surface area contributed by atoms with Crippen LogP contribution < -0.4 is 5.73 Å². The molecule has 2 N–H and O–H groups in total. The molecular weight excluding hydrogens is 212 g/mol. The van der Waals surface area contributed by atoms with Gasteiger partial charge in [0.2, 0.25) is 0 Å². The number of esters is 1. The average Bonchev–Trinajstić information content (AvgIpc) is 2.68. The number of carbonyl (C=O) groups is 1. The zero-order valence-corrected chi connectivity index (χ0v) is 10.0. The molecule has 0 amide bonds. The number of thiazole rings is 1. The number of nitrogens with two attached hydrogens (primary N) is 1. The predicted molar refractivity (Wildman–Crippen MR) is 60.0 cm³/mol. The normalized spacial score (nSPS) is 12.9. The Morgan fingerprint density at radius 1 is 1.67 bits per heavy atom. The van der Waals surface area contributed by atoms with E-state index in [1.807, 2.05) is 5.38 Å². The molecule has 0 saturated heterocycles. The van der Waals surface area contributed by atoms with E-state index < -0.39 is 5.92 Å². The first kappa shape index (κ1) is 12.1. The lowest BCUT2D eigenvalue weighted by atomic mass is 10.1. The third kappa shape index (κ3) is 2.76. The number of aromatic nitrogens is 1. The van der Waals surface area contributed by atoms with Crippen LogP contribution >= 0.6 is 11.3 Å². The van der Waals surface area contributed by atoms with Gasteiger partial charge in [-0.3, -0.25) is 4.79 Å². The van der Waals surface area contributed by atoms with Crippen LogP contribution in [0.1, 0.15) is 36.4 Å². The van der Waals surface area contributed by atoms with E-state index in [0.29, 0.717) is 5.92 Å². The van der Waals surface area contributed by atoms with Crippen molar-refractivity contribution in [2.24, 2.45) is 5.73 Å². The van der Waals surface area contributed by atoms with Crippen molar-refractivity contribution in [1.29, 1.82) is 0 Å². The fourth-order valence-corrected chi connectivity index (χ4v) is 2.09. The van der Waals surface area contributed by atoms with Gasteiger partial charge >= 0.3 is 5.97 Å². The first-order chi connectivity index (χ1) is 7.10. The minimum Gasteiger partial charge on any atom is -0.468 e. The van der Waals surface area contributed by atoms with Gasteiger partial charge in [-0.25, -0.2) is 4.98 Å². The molecule has 5 heteroatoms. The Hall–Kier alpha value is -0.940. The molecule has 0 radical (unpaired) electrons. The number of hydrogen-bond donors (Lipinski definition) is 1. The molecule has 0 fully saturated rings. The summed E-state index contributed by atoms with van der Waals surface area (Å²) in [4.78, 5) is 15.8. The van der Waals surface area contributed by atoms with E-state index in [9.17, 15) is 4.79 Å². The van der Waals surface area contributed by atoms with Gasteiger partial charge in [0.25, 0.3) is 0 Å². The van der Waals surface area contributed by atoms with E-state index in [-0.39, 0.29) is 12.5 Å². The summed E-state index contributed by atoms with van der Waals surface area (Å²) < 4.78 is 4.67. The zero-order valence-electron chi connectivity index (χ0n) is 9.19. The van der Waals surface area contributed by atoms with Gasteiger partial charge in [-0.1, -0.05) is 13.8 Å². The Bertz CT molecular complexity index is 336. The molecule has 15 heavy (non-hydrogen) atoms. The Morgan fingerprint density at radius 2 is 2.33 bits per heavy atom. The molecule has 0 aromatic carbocycles. The molecule has 0 aliphatic heterocycles. The van der Waals surface area contributed by atoms with Crippen molar-refractivity contribution >= 4 is 17.3 Å². The zero-order chi connectivity index (χ0) is 11.4. The van der Waals surface area contributed by atoms with Gasteiger partial charge in [-0.2, -0.15) is 0 Å². The van der Waals surface area contributed by atoms with Crippen LogP contribution in [0.4, 0.5) is 0 Å². The number of rotatable bonds is 4. The molecule has 84 valence electrons. The summed E-state index contributed by atoms with van der Waals surface area (Å²) in [7, 11) is 1.36. The second-order valence-corrected chi connectivity index (χ2v) is 4.47. The molecule has 0 bridgehead atoms. The van der Waals surface area contributed by atoms with E-state index in [4.69, 9.17) is 5.73 Å². The van der Waals surface area contributed by atoms with Crippen LogP contribution in [0.3, 0.4) is 0 Å². The second-order valence-electron chi connectivity index (χ2n) is 3.58.